The molecule has 2 rings (SSSR count). The Morgan fingerprint density at radius 1 is 1.47 bits per heavy atom. The van der Waals surface area contributed by atoms with Gasteiger partial charge in [0.1, 0.15) is 18.2 Å². The van der Waals surface area contributed by atoms with E-state index in [4.69, 9.17) is 22.6 Å². The number of nitrogens with zero attached hydrogens (tertiary/aromatic N) is 3. The molecule has 0 unspecified atom stereocenters. The van der Waals surface area contributed by atoms with Crippen LogP contribution in [0.2, 0.25) is 5.02 Å². The van der Waals surface area contributed by atoms with E-state index in [2.05, 4.69) is 4.98 Å². The molecule has 5 heteroatoms. The normalized spacial score (nSPS) is 9.87. The van der Waals surface area contributed by atoms with Crippen LogP contribution >= 0.6 is 11.6 Å². The van der Waals surface area contributed by atoms with Crippen molar-refractivity contribution in [1.29, 1.82) is 5.26 Å². The molecule has 1 aromatic carbocycles. The second kappa shape index (κ2) is 3.64. The fourth-order valence-electron chi connectivity index (χ4n) is 1.28. The Kier molecular flexibility index (Phi) is 2.32. The molecule has 0 atom stereocenters. The summed E-state index contributed by atoms with van der Waals surface area (Å²) in [4.78, 5) is 3.87. The first kappa shape index (κ1) is 9.56. The van der Waals surface area contributed by atoms with E-state index in [1.807, 2.05) is 18.2 Å². The van der Waals surface area contributed by atoms with Gasteiger partial charge in [0.2, 0.25) is 0 Å². The zero-order valence-corrected chi connectivity index (χ0v) is 8.44. The van der Waals surface area contributed by atoms with Gasteiger partial charge in [-0.25, -0.2) is 4.98 Å². The zero-order chi connectivity index (χ0) is 10.8. The molecule has 0 spiro atoms. The molecule has 0 aliphatic carbocycles. The molecule has 0 radical (unpaired) electrons. The lowest BCUT2D eigenvalue weighted by Gasteiger charge is -2.04. The second-order valence-electron chi connectivity index (χ2n) is 2.94. The number of nitrogen functional groups attached to an aromatic ring is 1. The number of anilines is 1. The summed E-state index contributed by atoms with van der Waals surface area (Å²) in [6, 6.07) is 9.08. The highest BCUT2D eigenvalue weighted by Crippen LogP contribution is 2.19. The molecule has 0 aliphatic rings. The molecule has 1 aromatic heterocycles. The Balaban J connectivity index is 2.56. The highest BCUT2D eigenvalue weighted by Gasteiger charge is 2.07. The Bertz CT molecular complexity index is 539. The van der Waals surface area contributed by atoms with Gasteiger partial charge in [-0.05, 0) is 18.2 Å². The van der Waals surface area contributed by atoms with Crippen LogP contribution in [-0.4, -0.2) is 9.55 Å². The standard InChI is InChI=1S/C10H7ClN4/c11-7-2-1-3-8(4-7)15-6-14-9(5-12)10(15)13/h1-4,6H,13H2. The Morgan fingerprint density at radius 3 is 2.87 bits per heavy atom. The molecular formula is C10H7ClN4. The van der Waals surface area contributed by atoms with Crippen molar-refractivity contribution in [3.8, 4) is 11.8 Å². The summed E-state index contributed by atoms with van der Waals surface area (Å²) in [6.07, 6.45) is 1.50. The molecule has 74 valence electrons. The molecule has 0 aliphatic heterocycles. The first-order chi connectivity index (χ1) is 7.22. The summed E-state index contributed by atoms with van der Waals surface area (Å²) in [6.45, 7) is 0. The lowest BCUT2D eigenvalue weighted by Crippen LogP contribution is -1.99. The number of nitrogens with two attached hydrogens (primary N) is 1. The number of hydrogen-bond donors (Lipinski definition) is 1. The van der Waals surface area contributed by atoms with E-state index in [-0.39, 0.29) is 5.69 Å². The first-order valence-corrected chi connectivity index (χ1v) is 4.59. The summed E-state index contributed by atoms with van der Waals surface area (Å²) in [5, 5.41) is 9.31. The third kappa shape index (κ3) is 1.65. The van der Waals surface area contributed by atoms with Gasteiger partial charge in [0.05, 0.1) is 0 Å². The number of aromatic nitrogens is 2. The highest BCUT2D eigenvalue weighted by atomic mass is 35.5. The highest BCUT2D eigenvalue weighted by molar-refractivity contribution is 6.30. The number of nitriles is 1. The van der Waals surface area contributed by atoms with Crippen LogP contribution in [0, 0.1) is 11.3 Å². The van der Waals surface area contributed by atoms with E-state index in [1.165, 1.54) is 6.33 Å². The lowest BCUT2D eigenvalue weighted by atomic mass is 10.3. The van der Waals surface area contributed by atoms with Gasteiger partial charge in [-0.3, -0.25) is 4.57 Å². The Labute approximate surface area is 91.5 Å². The number of hydrogen-bond acceptors (Lipinski definition) is 3. The molecule has 0 saturated carbocycles. The van der Waals surface area contributed by atoms with Crippen molar-refractivity contribution < 1.29 is 0 Å². The van der Waals surface area contributed by atoms with Gasteiger partial charge in [-0.15, -0.1) is 0 Å². The molecule has 0 bridgehead atoms. The van der Waals surface area contributed by atoms with Crippen LogP contribution in [0.3, 0.4) is 0 Å². The van der Waals surface area contributed by atoms with Crippen LogP contribution in [-0.2, 0) is 0 Å². The predicted octanol–water partition coefficient (Wildman–Crippen LogP) is 1.98. The minimum Gasteiger partial charge on any atom is -0.382 e. The SMILES string of the molecule is N#Cc1ncn(-c2cccc(Cl)c2)c1N. The maximum absolute atomic E-state index is 8.70. The summed E-state index contributed by atoms with van der Waals surface area (Å²) < 4.78 is 1.62. The Morgan fingerprint density at radius 2 is 2.27 bits per heavy atom. The molecule has 4 nitrogen and oxygen atoms in total. The van der Waals surface area contributed by atoms with Crippen molar-refractivity contribution >= 4 is 17.4 Å². The molecule has 0 fully saturated rings. The topological polar surface area (TPSA) is 67.6 Å². The van der Waals surface area contributed by atoms with Gasteiger partial charge < -0.3 is 5.73 Å². The Hall–Kier alpha value is -1.99. The molecule has 0 saturated heterocycles. The smallest absolute Gasteiger partial charge is 0.182 e. The summed E-state index contributed by atoms with van der Waals surface area (Å²) >= 11 is 5.85. The van der Waals surface area contributed by atoms with Crippen molar-refractivity contribution in [1.82, 2.24) is 9.55 Å². The summed E-state index contributed by atoms with van der Waals surface area (Å²) in [7, 11) is 0. The van der Waals surface area contributed by atoms with Crippen LogP contribution in [0.4, 0.5) is 5.82 Å². The van der Waals surface area contributed by atoms with Crippen LogP contribution in [0.5, 0.6) is 0 Å². The van der Waals surface area contributed by atoms with Crippen molar-refractivity contribution in [2.24, 2.45) is 0 Å². The fourth-order valence-corrected chi connectivity index (χ4v) is 1.46. The van der Waals surface area contributed by atoms with Crippen molar-refractivity contribution in [3.05, 3.63) is 41.3 Å². The number of halogens is 1. The van der Waals surface area contributed by atoms with Crippen molar-refractivity contribution in [3.63, 3.8) is 0 Å². The molecule has 15 heavy (non-hydrogen) atoms. The van der Waals surface area contributed by atoms with Gasteiger partial charge in [0.25, 0.3) is 0 Å². The fraction of sp³-hybridized carbons (Fsp3) is 0. The third-order valence-electron chi connectivity index (χ3n) is 2.00. The monoisotopic (exact) mass is 218 g/mol. The van der Waals surface area contributed by atoms with Gasteiger partial charge >= 0.3 is 0 Å². The summed E-state index contributed by atoms with van der Waals surface area (Å²) in [5.41, 5.74) is 6.73. The average Bonchev–Trinajstić information content (AvgIpc) is 2.59. The quantitative estimate of drug-likeness (QED) is 0.796. The van der Waals surface area contributed by atoms with Gasteiger partial charge in [-0.1, -0.05) is 17.7 Å². The minimum absolute atomic E-state index is 0.218. The van der Waals surface area contributed by atoms with Gasteiger partial charge in [-0.2, -0.15) is 5.26 Å². The number of rotatable bonds is 1. The lowest BCUT2D eigenvalue weighted by molar-refractivity contribution is 1.07. The average molecular weight is 219 g/mol. The third-order valence-corrected chi connectivity index (χ3v) is 2.23. The van der Waals surface area contributed by atoms with Crippen LogP contribution in [0.25, 0.3) is 5.69 Å². The van der Waals surface area contributed by atoms with E-state index in [9.17, 15) is 0 Å². The number of benzene rings is 1. The second-order valence-corrected chi connectivity index (χ2v) is 3.38. The van der Waals surface area contributed by atoms with Gasteiger partial charge in [0.15, 0.2) is 5.69 Å². The predicted molar refractivity (Wildman–Crippen MR) is 57.7 cm³/mol. The number of imidazole rings is 1. The first-order valence-electron chi connectivity index (χ1n) is 4.21. The van der Waals surface area contributed by atoms with E-state index in [1.54, 1.807) is 16.7 Å². The molecule has 1 heterocycles. The zero-order valence-electron chi connectivity index (χ0n) is 7.68. The summed E-state index contributed by atoms with van der Waals surface area (Å²) in [5.74, 6) is 0.319. The minimum atomic E-state index is 0.218. The van der Waals surface area contributed by atoms with Crippen molar-refractivity contribution in [2.45, 2.75) is 0 Å². The maximum Gasteiger partial charge on any atom is 0.182 e. The van der Waals surface area contributed by atoms with Crippen LogP contribution in [0.1, 0.15) is 5.69 Å². The maximum atomic E-state index is 8.70. The van der Waals surface area contributed by atoms with E-state index >= 15 is 0 Å². The largest absolute Gasteiger partial charge is 0.382 e. The molecule has 2 aromatic rings. The van der Waals surface area contributed by atoms with Crippen molar-refractivity contribution in [2.75, 3.05) is 5.73 Å². The van der Waals surface area contributed by atoms with E-state index in [0.717, 1.165) is 5.69 Å². The molecular weight excluding hydrogens is 212 g/mol. The molecule has 2 N–H and O–H groups in total. The van der Waals surface area contributed by atoms with E-state index in [0.29, 0.717) is 10.8 Å². The van der Waals surface area contributed by atoms with Crippen LogP contribution < -0.4 is 5.73 Å². The van der Waals surface area contributed by atoms with Gasteiger partial charge in [0, 0.05) is 10.7 Å². The van der Waals surface area contributed by atoms with Crippen LogP contribution in [0.15, 0.2) is 30.6 Å². The van der Waals surface area contributed by atoms with E-state index < -0.39 is 0 Å². The molecule has 0 amide bonds.